The van der Waals surface area contributed by atoms with Crippen molar-refractivity contribution in [3.63, 3.8) is 0 Å². The van der Waals surface area contributed by atoms with Crippen LogP contribution in [0.5, 0.6) is 0 Å². The number of ketones is 1. The van der Waals surface area contributed by atoms with Crippen molar-refractivity contribution in [2.24, 2.45) is 5.92 Å². The van der Waals surface area contributed by atoms with Gasteiger partial charge in [-0.3, -0.25) is 4.79 Å². The fourth-order valence-electron chi connectivity index (χ4n) is 2.81. The van der Waals surface area contributed by atoms with Gasteiger partial charge in [-0.05, 0) is 30.9 Å². The summed E-state index contributed by atoms with van der Waals surface area (Å²) in [6.45, 7) is 1.49. The second-order valence-corrected chi connectivity index (χ2v) is 5.52. The second-order valence-electron chi connectivity index (χ2n) is 5.52. The smallest absolute Gasteiger partial charge is 0.169 e. The van der Waals surface area contributed by atoms with Gasteiger partial charge in [0.25, 0.3) is 0 Å². The third-order valence-corrected chi connectivity index (χ3v) is 4.08. The molecule has 1 aliphatic carbocycles. The SMILES string of the molecule is Cc1ccc(C(=O)CCC2CCCCC2)c(F)c1F. The highest BCUT2D eigenvalue weighted by Gasteiger charge is 2.19. The van der Waals surface area contributed by atoms with Gasteiger partial charge in [-0.15, -0.1) is 0 Å². The summed E-state index contributed by atoms with van der Waals surface area (Å²) in [5.41, 5.74) is 0.139. The standard InChI is InChI=1S/C16H20F2O/c1-11-7-9-13(16(18)15(11)17)14(19)10-8-12-5-3-2-4-6-12/h7,9,12H,2-6,8,10H2,1H3. The maximum Gasteiger partial charge on any atom is 0.169 e. The van der Waals surface area contributed by atoms with Crippen LogP contribution in [0.2, 0.25) is 0 Å². The van der Waals surface area contributed by atoms with Crippen molar-refractivity contribution in [2.75, 3.05) is 0 Å². The lowest BCUT2D eigenvalue weighted by atomic mass is 9.85. The molecular formula is C16H20F2O. The Hall–Kier alpha value is -1.25. The van der Waals surface area contributed by atoms with E-state index in [4.69, 9.17) is 0 Å². The molecule has 1 saturated carbocycles. The number of halogens is 2. The predicted molar refractivity (Wildman–Crippen MR) is 71.2 cm³/mol. The first-order chi connectivity index (χ1) is 9.09. The summed E-state index contributed by atoms with van der Waals surface area (Å²) in [4.78, 5) is 12.0. The Morgan fingerprint density at radius 1 is 1.16 bits per heavy atom. The van der Waals surface area contributed by atoms with Gasteiger partial charge < -0.3 is 0 Å². The molecule has 0 bridgehead atoms. The highest BCUT2D eigenvalue weighted by molar-refractivity contribution is 5.96. The number of rotatable bonds is 4. The van der Waals surface area contributed by atoms with E-state index in [1.165, 1.54) is 38.3 Å². The minimum absolute atomic E-state index is 0.0982. The van der Waals surface area contributed by atoms with E-state index in [0.29, 0.717) is 12.3 Å². The fourth-order valence-corrected chi connectivity index (χ4v) is 2.81. The normalized spacial score (nSPS) is 16.6. The molecule has 1 aliphatic rings. The van der Waals surface area contributed by atoms with Gasteiger partial charge in [-0.25, -0.2) is 8.78 Å². The van der Waals surface area contributed by atoms with Crippen molar-refractivity contribution in [2.45, 2.75) is 51.9 Å². The van der Waals surface area contributed by atoms with Gasteiger partial charge in [0, 0.05) is 6.42 Å². The molecule has 0 radical (unpaired) electrons. The Kier molecular flexibility index (Phi) is 4.67. The third-order valence-electron chi connectivity index (χ3n) is 4.08. The first kappa shape index (κ1) is 14.2. The van der Waals surface area contributed by atoms with E-state index in [9.17, 15) is 13.6 Å². The molecule has 1 fully saturated rings. The largest absolute Gasteiger partial charge is 0.294 e. The molecule has 104 valence electrons. The summed E-state index contributed by atoms with van der Waals surface area (Å²) >= 11 is 0. The Morgan fingerprint density at radius 2 is 1.84 bits per heavy atom. The van der Waals surface area contributed by atoms with Crippen LogP contribution in [-0.4, -0.2) is 5.78 Å². The lowest BCUT2D eigenvalue weighted by Gasteiger charge is -2.20. The molecule has 0 amide bonds. The van der Waals surface area contributed by atoms with Crippen LogP contribution < -0.4 is 0 Å². The van der Waals surface area contributed by atoms with Gasteiger partial charge >= 0.3 is 0 Å². The summed E-state index contributed by atoms with van der Waals surface area (Å²) in [5.74, 6) is -1.59. The zero-order valence-electron chi connectivity index (χ0n) is 11.3. The zero-order valence-corrected chi connectivity index (χ0v) is 11.3. The molecule has 0 saturated heterocycles. The van der Waals surface area contributed by atoms with E-state index in [1.807, 2.05) is 0 Å². The van der Waals surface area contributed by atoms with E-state index in [1.54, 1.807) is 0 Å². The molecule has 0 heterocycles. The molecule has 1 aromatic rings. The van der Waals surface area contributed by atoms with Crippen LogP contribution in [0.1, 0.15) is 60.9 Å². The fraction of sp³-hybridized carbons (Fsp3) is 0.562. The molecular weight excluding hydrogens is 246 g/mol. The number of carbonyl (C=O) groups excluding carboxylic acids is 1. The van der Waals surface area contributed by atoms with Gasteiger partial charge in [0.05, 0.1) is 5.56 Å². The number of benzene rings is 1. The van der Waals surface area contributed by atoms with Crippen LogP contribution in [0.4, 0.5) is 8.78 Å². The molecule has 1 aromatic carbocycles. The molecule has 0 unspecified atom stereocenters. The van der Waals surface area contributed by atoms with Crippen LogP contribution in [0, 0.1) is 24.5 Å². The monoisotopic (exact) mass is 266 g/mol. The maximum absolute atomic E-state index is 13.7. The van der Waals surface area contributed by atoms with Crippen LogP contribution in [0.3, 0.4) is 0 Å². The topological polar surface area (TPSA) is 17.1 Å². The Balaban J connectivity index is 1.98. The van der Waals surface area contributed by atoms with E-state index < -0.39 is 11.6 Å². The summed E-state index contributed by atoms with van der Waals surface area (Å²) in [6.07, 6.45) is 7.19. The number of hydrogen-bond donors (Lipinski definition) is 0. The third kappa shape index (κ3) is 3.40. The summed E-state index contributed by atoms with van der Waals surface area (Å²) in [5, 5.41) is 0. The molecule has 0 N–H and O–H groups in total. The van der Waals surface area contributed by atoms with Crippen LogP contribution in [-0.2, 0) is 0 Å². The quantitative estimate of drug-likeness (QED) is 0.714. The van der Waals surface area contributed by atoms with Crippen molar-refractivity contribution in [3.05, 3.63) is 34.9 Å². The minimum Gasteiger partial charge on any atom is -0.294 e. The zero-order chi connectivity index (χ0) is 13.8. The van der Waals surface area contributed by atoms with Crippen molar-refractivity contribution < 1.29 is 13.6 Å². The number of Topliss-reactive ketones (excluding diaryl/α,β-unsaturated/α-hetero) is 1. The van der Waals surface area contributed by atoms with Gasteiger partial charge in [-0.2, -0.15) is 0 Å². The maximum atomic E-state index is 13.7. The predicted octanol–water partition coefficient (Wildman–Crippen LogP) is 4.82. The number of hydrogen-bond acceptors (Lipinski definition) is 1. The molecule has 0 spiro atoms. The van der Waals surface area contributed by atoms with E-state index in [-0.39, 0.29) is 16.9 Å². The van der Waals surface area contributed by atoms with Crippen molar-refractivity contribution in [1.82, 2.24) is 0 Å². The molecule has 0 aliphatic heterocycles. The Labute approximate surface area is 113 Å². The molecule has 1 nitrogen and oxygen atoms in total. The number of carbonyl (C=O) groups is 1. The van der Waals surface area contributed by atoms with Gasteiger partial charge in [-0.1, -0.05) is 38.2 Å². The summed E-state index contributed by atoms with van der Waals surface area (Å²) < 4.78 is 27.1. The van der Waals surface area contributed by atoms with Gasteiger partial charge in [0.2, 0.25) is 0 Å². The lowest BCUT2D eigenvalue weighted by molar-refractivity contribution is 0.0965. The molecule has 3 heteroatoms. The van der Waals surface area contributed by atoms with Gasteiger partial charge in [0.1, 0.15) is 0 Å². The molecule has 2 rings (SSSR count). The second kappa shape index (κ2) is 6.27. The van der Waals surface area contributed by atoms with Crippen molar-refractivity contribution in [3.8, 4) is 0 Å². The first-order valence-electron chi connectivity index (χ1n) is 7.07. The van der Waals surface area contributed by atoms with Gasteiger partial charge in [0.15, 0.2) is 17.4 Å². The minimum atomic E-state index is -0.992. The van der Waals surface area contributed by atoms with Crippen LogP contribution in [0.15, 0.2) is 12.1 Å². The number of aryl methyl sites for hydroxylation is 1. The average Bonchev–Trinajstić information content (AvgIpc) is 2.43. The van der Waals surface area contributed by atoms with E-state index >= 15 is 0 Å². The average molecular weight is 266 g/mol. The molecule has 19 heavy (non-hydrogen) atoms. The van der Waals surface area contributed by atoms with Crippen LogP contribution >= 0.6 is 0 Å². The van der Waals surface area contributed by atoms with Crippen LogP contribution in [0.25, 0.3) is 0 Å². The lowest BCUT2D eigenvalue weighted by Crippen LogP contribution is -2.11. The van der Waals surface area contributed by atoms with E-state index in [0.717, 1.165) is 19.3 Å². The highest BCUT2D eigenvalue weighted by Crippen LogP contribution is 2.28. The Morgan fingerprint density at radius 3 is 2.53 bits per heavy atom. The van der Waals surface area contributed by atoms with E-state index in [2.05, 4.69) is 0 Å². The molecule has 0 atom stereocenters. The first-order valence-corrected chi connectivity index (χ1v) is 7.07. The Bertz CT molecular complexity index is 462. The highest BCUT2D eigenvalue weighted by atomic mass is 19.2. The van der Waals surface area contributed by atoms with Crippen molar-refractivity contribution >= 4 is 5.78 Å². The summed E-state index contributed by atoms with van der Waals surface area (Å²) in [6, 6.07) is 2.86. The summed E-state index contributed by atoms with van der Waals surface area (Å²) in [7, 11) is 0. The molecule has 0 aromatic heterocycles. The van der Waals surface area contributed by atoms with Crippen molar-refractivity contribution in [1.29, 1.82) is 0 Å².